The maximum absolute atomic E-state index is 13.6. The molecule has 3 aliphatic heterocycles. The van der Waals surface area contributed by atoms with Crippen LogP contribution in [0.4, 0.5) is 0 Å². The van der Waals surface area contributed by atoms with Crippen LogP contribution in [0, 0.1) is 13.8 Å². The summed E-state index contributed by atoms with van der Waals surface area (Å²) in [5, 5.41) is 0. The molecule has 0 spiro atoms. The Hall–Kier alpha value is -5.23. The van der Waals surface area contributed by atoms with Crippen molar-refractivity contribution in [3.63, 3.8) is 0 Å². The minimum Gasteiger partial charge on any atom is -0.463 e. The molecule has 0 amide bonds. The Morgan fingerprint density at radius 1 is 0.755 bits per heavy atom. The van der Waals surface area contributed by atoms with Crippen molar-refractivity contribution in [2.24, 2.45) is 0 Å². The van der Waals surface area contributed by atoms with Gasteiger partial charge in [-0.1, -0.05) is 30.4 Å². The fraction of sp³-hybridized carbons (Fsp3) is 0.472. The Morgan fingerprint density at radius 3 is 2.19 bits per heavy atom. The monoisotopic (exact) mass is 736 g/mol. The van der Waals surface area contributed by atoms with E-state index < -0.39 is 77.2 Å². The van der Waals surface area contributed by atoms with Gasteiger partial charge in [-0.2, -0.15) is 4.57 Å². The highest BCUT2D eigenvalue weighted by molar-refractivity contribution is 5.95. The summed E-state index contributed by atoms with van der Waals surface area (Å²) in [6.07, 6.45) is 1.59. The number of hydrogen-bond donors (Lipinski definition) is 1. The Balaban J connectivity index is 1.15. The molecule has 3 aliphatic rings. The molecule has 17 heteroatoms. The molecule has 1 aromatic carbocycles. The fourth-order valence-corrected chi connectivity index (χ4v) is 6.35. The Labute approximate surface area is 301 Å². The van der Waals surface area contributed by atoms with Crippen molar-refractivity contribution in [3.05, 3.63) is 113 Å². The van der Waals surface area contributed by atoms with Gasteiger partial charge in [0.05, 0.1) is 25.9 Å². The van der Waals surface area contributed by atoms with Crippen LogP contribution >= 0.6 is 0 Å². The molecule has 2 fully saturated rings. The lowest BCUT2D eigenvalue weighted by Crippen LogP contribution is -2.45. The number of benzene rings is 1. The van der Waals surface area contributed by atoms with E-state index in [1.54, 1.807) is 37.3 Å². The molecule has 53 heavy (non-hydrogen) atoms. The van der Waals surface area contributed by atoms with E-state index in [1.165, 1.54) is 36.0 Å². The smallest absolute Gasteiger partial charge is 0.340 e. The molecule has 3 aromatic rings. The van der Waals surface area contributed by atoms with E-state index >= 15 is 0 Å². The zero-order chi connectivity index (χ0) is 37.6. The van der Waals surface area contributed by atoms with Crippen LogP contribution in [-0.4, -0.2) is 87.4 Å². The predicted octanol–water partition coefficient (Wildman–Crippen LogP) is 1.04. The normalized spacial score (nSPS) is 26.6. The molecular weight excluding hydrogens is 696 g/mol. The summed E-state index contributed by atoms with van der Waals surface area (Å²) >= 11 is 0. The lowest BCUT2D eigenvalue weighted by atomic mass is 10.1. The molecule has 282 valence electrons. The highest BCUT2D eigenvalue weighted by Gasteiger charge is 2.41. The quantitative estimate of drug-likeness (QED) is 0.295. The molecule has 1 N–H and O–H groups in total. The van der Waals surface area contributed by atoms with E-state index in [0.717, 1.165) is 4.57 Å². The zero-order valence-electron chi connectivity index (χ0n) is 29.2. The summed E-state index contributed by atoms with van der Waals surface area (Å²) in [6, 6.07) is 7.94. The molecule has 0 saturated carbocycles. The van der Waals surface area contributed by atoms with Crippen LogP contribution in [0.2, 0.25) is 0 Å². The van der Waals surface area contributed by atoms with Gasteiger partial charge in [-0.05, 0) is 32.4 Å². The number of nitrogens with one attached hydrogen (secondary N) is 1. The van der Waals surface area contributed by atoms with Crippen LogP contribution in [-0.2, 0) is 38.0 Å². The van der Waals surface area contributed by atoms with Gasteiger partial charge in [-0.3, -0.25) is 38.1 Å². The van der Waals surface area contributed by atoms with Gasteiger partial charge in [0.1, 0.15) is 37.4 Å². The van der Waals surface area contributed by atoms with Crippen molar-refractivity contribution < 1.29 is 42.8 Å². The number of aryl methyl sites for hydroxylation is 2. The third kappa shape index (κ3) is 8.71. The second-order valence-electron chi connectivity index (χ2n) is 13.0. The molecular formula is C36H40N4O13. The van der Waals surface area contributed by atoms with Crippen LogP contribution in [0.5, 0.6) is 0 Å². The first-order valence-corrected chi connectivity index (χ1v) is 17.3. The van der Waals surface area contributed by atoms with Gasteiger partial charge in [-0.15, -0.1) is 0 Å². The number of nitrogens with zero attached hydrogens (tertiary/aromatic N) is 3. The van der Waals surface area contributed by atoms with E-state index in [4.69, 9.17) is 28.4 Å². The number of cyclic esters (lactones) is 1. The number of hydrogen-bond acceptors (Lipinski definition) is 13. The van der Waals surface area contributed by atoms with Crippen molar-refractivity contribution in [2.45, 2.75) is 82.8 Å². The SMILES string of the molecule is Cc1cn([C@H]2C[C@@H]3OC/C=C/COC[C@H]4O[C@@H](n5cc(C)c(=O)n(C(=O)c6ccccc6)c5=O)C[C@@H]4OC(=O)CCCC(=O)OC[C@H]3O2)c(=O)[nH]c1=O. The van der Waals surface area contributed by atoms with Crippen LogP contribution in [0.1, 0.15) is 66.0 Å². The molecule has 6 rings (SSSR count). The highest BCUT2D eigenvalue weighted by atomic mass is 16.6. The first-order chi connectivity index (χ1) is 25.5. The van der Waals surface area contributed by atoms with Gasteiger partial charge in [0.25, 0.3) is 17.0 Å². The largest absolute Gasteiger partial charge is 0.463 e. The molecule has 0 radical (unpaired) electrons. The lowest BCUT2D eigenvalue weighted by molar-refractivity contribution is -0.154. The standard InChI is InChI=1S/C36H40N4O13/c1-21-17-38(35(46)37-32(21)43)28-15-24-27(52-28)20-50-30(41)11-8-12-31(42)53-25-16-29(51-26(25)19-48-13-6-7-14-49-24)39-18-22(2)33(44)40(36(39)47)34(45)23-9-4-3-5-10-23/h3-7,9-10,17-18,24-29H,8,11-16,19-20H2,1-2H3,(H,37,43,46)/b7-6+/t24-,25-,26+,27+,28+,29+/m0/s1. The van der Waals surface area contributed by atoms with Crippen molar-refractivity contribution >= 4 is 17.8 Å². The van der Waals surface area contributed by atoms with Gasteiger partial charge in [0, 0.05) is 54.8 Å². The number of H-pyrrole nitrogens is 1. The summed E-state index contributed by atoms with van der Waals surface area (Å²) in [4.78, 5) is 92.0. The molecule has 6 atom stereocenters. The Kier molecular flexibility index (Phi) is 11.8. The van der Waals surface area contributed by atoms with E-state index in [9.17, 15) is 33.6 Å². The van der Waals surface area contributed by atoms with Gasteiger partial charge >= 0.3 is 23.3 Å². The van der Waals surface area contributed by atoms with Crippen molar-refractivity contribution in [1.82, 2.24) is 18.7 Å². The Bertz CT molecular complexity index is 2100. The topological polar surface area (TPSA) is 205 Å². The molecule has 2 saturated heterocycles. The maximum Gasteiger partial charge on any atom is 0.340 e. The molecule has 5 heterocycles. The number of ether oxygens (including phenoxy) is 6. The number of aromatic amines is 1. The summed E-state index contributed by atoms with van der Waals surface area (Å²) in [5.74, 6) is -1.98. The van der Waals surface area contributed by atoms with Crippen LogP contribution < -0.4 is 22.5 Å². The third-order valence-electron chi connectivity index (χ3n) is 9.16. The molecule has 0 bridgehead atoms. The van der Waals surface area contributed by atoms with Crippen LogP contribution in [0.15, 0.2) is 74.1 Å². The number of rotatable bonds is 3. The fourth-order valence-electron chi connectivity index (χ4n) is 6.35. The number of carbonyl (C=O) groups excluding carboxylic acids is 3. The van der Waals surface area contributed by atoms with Crippen LogP contribution in [0.25, 0.3) is 0 Å². The second-order valence-corrected chi connectivity index (χ2v) is 13.0. The average molecular weight is 737 g/mol. The van der Waals surface area contributed by atoms with Gasteiger partial charge in [0.15, 0.2) is 0 Å². The molecule has 2 aromatic heterocycles. The number of carbonyl (C=O) groups is 3. The summed E-state index contributed by atoms with van der Waals surface area (Å²) in [6.45, 7) is 3.11. The van der Waals surface area contributed by atoms with Gasteiger partial charge in [-0.25, -0.2) is 9.59 Å². The second kappa shape index (κ2) is 16.6. The number of aromatic nitrogens is 4. The zero-order valence-corrected chi connectivity index (χ0v) is 29.2. The number of esters is 2. The first-order valence-electron chi connectivity index (χ1n) is 17.3. The average Bonchev–Trinajstić information content (AvgIpc) is 3.73. The van der Waals surface area contributed by atoms with E-state index in [0.29, 0.717) is 10.1 Å². The minimum atomic E-state index is -0.999. The summed E-state index contributed by atoms with van der Waals surface area (Å²) in [5.41, 5.74) is -2.20. The van der Waals surface area contributed by atoms with Gasteiger partial charge in [0.2, 0.25) is 0 Å². The van der Waals surface area contributed by atoms with Crippen LogP contribution in [0.3, 0.4) is 0 Å². The van der Waals surface area contributed by atoms with E-state index in [1.807, 2.05) is 0 Å². The maximum atomic E-state index is 13.6. The van der Waals surface area contributed by atoms with E-state index in [2.05, 4.69) is 4.98 Å². The minimum absolute atomic E-state index is 0.0249. The first kappa shape index (κ1) is 37.5. The number of fused-ring (bicyclic) bond motifs is 2. The van der Waals surface area contributed by atoms with Crippen molar-refractivity contribution in [2.75, 3.05) is 26.4 Å². The molecule has 0 unspecified atom stereocenters. The highest BCUT2D eigenvalue weighted by Crippen LogP contribution is 2.32. The molecule has 17 nitrogen and oxygen atoms in total. The lowest BCUT2D eigenvalue weighted by Gasteiger charge is -2.19. The predicted molar refractivity (Wildman–Crippen MR) is 183 cm³/mol. The van der Waals surface area contributed by atoms with Crippen molar-refractivity contribution in [1.29, 1.82) is 0 Å². The van der Waals surface area contributed by atoms with Gasteiger partial charge < -0.3 is 28.4 Å². The third-order valence-corrected chi connectivity index (χ3v) is 9.16. The molecule has 0 aliphatic carbocycles. The Morgan fingerprint density at radius 2 is 1.42 bits per heavy atom. The summed E-state index contributed by atoms with van der Waals surface area (Å²) < 4.78 is 38.2. The van der Waals surface area contributed by atoms with Crippen molar-refractivity contribution in [3.8, 4) is 0 Å². The summed E-state index contributed by atoms with van der Waals surface area (Å²) in [7, 11) is 0. The van der Waals surface area contributed by atoms with E-state index in [-0.39, 0.29) is 69.7 Å².